The molecule has 0 N–H and O–H groups in total. The molecule has 188 valence electrons. The van der Waals surface area contributed by atoms with Gasteiger partial charge < -0.3 is 18.8 Å². The molecule has 0 spiro atoms. The number of ether oxygens (including phenoxy) is 2. The summed E-state index contributed by atoms with van der Waals surface area (Å²) in [7, 11) is 0. The topological polar surface area (TPSA) is 72.2 Å². The Morgan fingerprint density at radius 2 is 1.65 bits per heavy atom. The fourth-order valence-electron chi connectivity index (χ4n) is 5.13. The third-order valence-corrected chi connectivity index (χ3v) is 7.06. The third kappa shape index (κ3) is 4.63. The molecule has 6 rings (SSSR count). The summed E-state index contributed by atoms with van der Waals surface area (Å²) < 4.78 is 17.6. The van der Waals surface area contributed by atoms with Gasteiger partial charge in [-0.25, -0.2) is 0 Å². The van der Waals surface area contributed by atoms with Crippen molar-refractivity contribution in [1.82, 2.24) is 9.80 Å². The van der Waals surface area contributed by atoms with Gasteiger partial charge in [-0.1, -0.05) is 54.6 Å². The van der Waals surface area contributed by atoms with E-state index in [0.717, 1.165) is 24.2 Å². The molecule has 1 aromatic heterocycles. The number of morpholine rings is 1. The predicted molar refractivity (Wildman–Crippen MR) is 140 cm³/mol. The van der Waals surface area contributed by atoms with E-state index in [1.165, 1.54) is 0 Å². The number of amides is 1. The van der Waals surface area contributed by atoms with Crippen LogP contribution in [0.25, 0.3) is 11.0 Å². The van der Waals surface area contributed by atoms with Crippen LogP contribution in [0.2, 0.25) is 0 Å². The van der Waals surface area contributed by atoms with Crippen molar-refractivity contribution < 1.29 is 18.7 Å². The molecule has 1 unspecified atom stereocenters. The van der Waals surface area contributed by atoms with Crippen LogP contribution in [0.5, 0.6) is 5.75 Å². The van der Waals surface area contributed by atoms with Gasteiger partial charge in [0.2, 0.25) is 5.76 Å². The second-order valence-electron chi connectivity index (χ2n) is 9.37. The Kier molecular flexibility index (Phi) is 6.47. The average molecular weight is 497 g/mol. The van der Waals surface area contributed by atoms with Crippen LogP contribution in [0.4, 0.5) is 0 Å². The Labute approximate surface area is 214 Å². The highest BCUT2D eigenvalue weighted by Gasteiger charge is 2.42. The largest absolute Gasteiger partial charge is 0.489 e. The van der Waals surface area contributed by atoms with Crippen molar-refractivity contribution in [1.29, 1.82) is 0 Å². The lowest BCUT2D eigenvalue weighted by Crippen LogP contribution is -2.42. The third-order valence-electron chi connectivity index (χ3n) is 7.06. The maximum absolute atomic E-state index is 13.7. The van der Waals surface area contributed by atoms with Gasteiger partial charge in [-0.2, -0.15) is 0 Å². The molecule has 3 heterocycles. The Bertz CT molecular complexity index is 1480. The van der Waals surface area contributed by atoms with Crippen molar-refractivity contribution in [3.8, 4) is 5.75 Å². The molecular formula is C30H28N2O5. The van der Waals surface area contributed by atoms with Crippen LogP contribution in [0, 0.1) is 0 Å². The van der Waals surface area contributed by atoms with Gasteiger partial charge in [0, 0.05) is 26.2 Å². The molecule has 4 aromatic rings. The molecule has 3 aromatic carbocycles. The molecule has 0 aliphatic carbocycles. The zero-order valence-corrected chi connectivity index (χ0v) is 20.5. The van der Waals surface area contributed by atoms with E-state index in [2.05, 4.69) is 4.90 Å². The highest BCUT2D eigenvalue weighted by molar-refractivity contribution is 5.99. The predicted octanol–water partition coefficient (Wildman–Crippen LogP) is 4.25. The van der Waals surface area contributed by atoms with E-state index < -0.39 is 6.04 Å². The van der Waals surface area contributed by atoms with Gasteiger partial charge in [-0.3, -0.25) is 14.5 Å². The van der Waals surface area contributed by atoms with Crippen molar-refractivity contribution in [2.45, 2.75) is 12.6 Å². The van der Waals surface area contributed by atoms with Gasteiger partial charge in [-0.15, -0.1) is 0 Å². The Balaban J connectivity index is 1.37. The van der Waals surface area contributed by atoms with Gasteiger partial charge in [0.1, 0.15) is 17.9 Å². The molecule has 0 bridgehead atoms. The molecule has 0 radical (unpaired) electrons. The number of fused-ring (bicyclic) bond motifs is 2. The lowest BCUT2D eigenvalue weighted by molar-refractivity contribution is 0.0314. The zero-order valence-electron chi connectivity index (χ0n) is 20.5. The van der Waals surface area contributed by atoms with Gasteiger partial charge in [0.05, 0.1) is 30.2 Å². The molecule has 2 aliphatic rings. The molecule has 1 atom stereocenters. The monoisotopic (exact) mass is 496 g/mol. The summed E-state index contributed by atoms with van der Waals surface area (Å²) in [4.78, 5) is 31.4. The highest BCUT2D eigenvalue weighted by Crippen LogP contribution is 2.39. The van der Waals surface area contributed by atoms with Crippen LogP contribution in [0.3, 0.4) is 0 Å². The SMILES string of the molecule is O=C1c2oc3ccccc3c(=O)c2C(c2cccc(OCc3ccccc3)c2)N1CCN1CCOCC1. The van der Waals surface area contributed by atoms with Crippen LogP contribution in [0.1, 0.15) is 33.3 Å². The molecule has 1 fully saturated rings. The van der Waals surface area contributed by atoms with E-state index in [9.17, 15) is 9.59 Å². The van der Waals surface area contributed by atoms with Crippen molar-refractivity contribution in [2.24, 2.45) is 0 Å². The Morgan fingerprint density at radius 1 is 0.865 bits per heavy atom. The van der Waals surface area contributed by atoms with Crippen LogP contribution >= 0.6 is 0 Å². The van der Waals surface area contributed by atoms with Crippen molar-refractivity contribution in [3.63, 3.8) is 0 Å². The van der Waals surface area contributed by atoms with E-state index in [0.29, 0.717) is 55.2 Å². The second-order valence-corrected chi connectivity index (χ2v) is 9.37. The van der Waals surface area contributed by atoms with Crippen LogP contribution in [0.15, 0.2) is 88.1 Å². The molecule has 1 saturated heterocycles. The summed E-state index contributed by atoms with van der Waals surface area (Å²) in [5, 5.41) is 0.477. The van der Waals surface area contributed by atoms with Crippen LogP contribution < -0.4 is 10.2 Å². The van der Waals surface area contributed by atoms with Crippen LogP contribution in [-0.4, -0.2) is 55.1 Å². The van der Waals surface area contributed by atoms with E-state index in [-0.39, 0.29) is 17.1 Å². The minimum absolute atomic E-state index is 0.131. The first kappa shape index (κ1) is 23.5. The summed E-state index contributed by atoms with van der Waals surface area (Å²) >= 11 is 0. The number of carbonyl (C=O) groups is 1. The lowest BCUT2D eigenvalue weighted by Gasteiger charge is -2.31. The second kappa shape index (κ2) is 10.2. The van der Waals surface area contributed by atoms with E-state index in [1.54, 1.807) is 23.1 Å². The quantitative estimate of drug-likeness (QED) is 0.381. The number of hydrogen-bond donors (Lipinski definition) is 0. The molecule has 0 saturated carbocycles. The Morgan fingerprint density at radius 3 is 2.49 bits per heavy atom. The number of para-hydroxylation sites is 1. The molecule has 2 aliphatic heterocycles. The van der Waals surface area contributed by atoms with Gasteiger partial charge in [0.25, 0.3) is 5.91 Å². The number of hydrogen-bond acceptors (Lipinski definition) is 6. The molecule has 37 heavy (non-hydrogen) atoms. The van der Waals surface area contributed by atoms with Crippen molar-refractivity contribution in [2.75, 3.05) is 39.4 Å². The van der Waals surface area contributed by atoms with Crippen LogP contribution in [-0.2, 0) is 11.3 Å². The number of benzene rings is 3. The summed E-state index contributed by atoms with van der Waals surface area (Å²) in [6, 6.07) is 24.2. The molecule has 1 amide bonds. The summed E-state index contributed by atoms with van der Waals surface area (Å²) in [5.74, 6) is 0.554. The first-order valence-electron chi connectivity index (χ1n) is 12.6. The smallest absolute Gasteiger partial charge is 0.290 e. The van der Waals surface area contributed by atoms with Crippen molar-refractivity contribution >= 4 is 16.9 Å². The van der Waals surface area contributed by atoms with E-state index >= 15 is 0 Å². The minimum atomic E-state index is -0.551. The first-order valence-corrected chi connectivity index (χ1v) is 12.6. The van der Waals surface area contributed by atoms with Gasteiger partial charge in [-0.05, 0) is 35.4 Å². The maximum Gasteiger partial charge on any atom is 0.290 e. The van der Waals surface area contributed by atoms with Gasteiger partial charge in [0.15, 0.2) is 5.43 Å². The Hall–Kier alpha value is -3.94. The molecule has 7 nitrogen and oxygen atoms in total. The van der Waals surface area contributed by atoms with E-state index in [4.69, 9.17) is 13.9 Å². The maximum atomic E-state index is 13.7. The summed E-state index contributed by atoms with van der Waals surface area (Å²) in [6.45, 7) is 4.61. The highest BCUT2D eigenvalue weighted by atomic mass is 16.5. The normalized spacial score (nSPS) is 17.8. The molecule has 7 heteroatoms. The number of rotatable bonds is 7. The zero-order chi connectivity index (χ0) is 25.2. The fraction of sp³-hybridized carbons (Fsp3) is 0.267. The summed E-state index contributed by atoms with van der Waals surface area (Å²) in [5.41, 5.74) is 2.54. The minimum Gasteiger partial charge on any atom is -0.489 e. The standard InChI is InChI=1S/C30H28N2O5/c33-28-24-11-4-5-12-25(24)37-29-26(28)27(32(30(29)34)14-13-31-15-17-35-18-16-31)22-9-6-10-23(19-22)36-20-21-7-2-1-3-8-21/h1-12,19,27H,13-18,20H2. The summed E-state index contributed by atoms with van der Waals surface area (Å²) in [6.07, 6.45) is 0. The fourth-order valence-corrected chi connectivity index (χ4v) is 5.13. The lowest BCUT2D eigenvalue weighted by atomic mass is 9.98. The number of nitrogens with zero attached hydrogens (tertiary/aromatic N) is 2. The molecular weight excluding hydrogens is 468 g/mol. The average Bonchev–Trinajstić information content (AvgIpc) is 3.23. The number of carbonyl (C=O) groups excluding carboxylic acids is 1. The first-order chi connectivity index (χ1) is 18.2. The van der Waals surface area contributed by atoms with E-state index in [1.807, 2.05) is 60.7 Å². The van der Waals surface area contributed by atoms with Gasteiger partial charge >= 0.3 is 0 Å². The van der Waals surface area contributed by atoms with Crippen molar-refractivity contribution in [3.05, 3.63) is 112 Å².